The average Bonchev–Trinajstić information content (AvgIpc) is 2.97. The molecule has 9 nitrogen and oxygen atoms in total. The van der Waals surface area contributed by atoms with Gasteiger partial charge >= 0.3 is 12.1 Å². The maximum absolute atomic E-state index is 14.7. The van der Waals surface area contributed by atoms with Gasteiger partial charge in [0.1, 0.15) is 12.4 Å². The third-order valence-electron chi connectivity index (χ3n) is 7.07. The monoisotopic (exact) mass is 598 g/mol. The van der Waals surface area contributed by atoms with Gasteiger partial charge in [-0.25, -0.2) is 14.3 Å². The van der Waals surface area contributed by atoms with Crippen molar-refractivity contribution >= 4 is 34.2 Å². The first-order valence-electron chi connectivity index (χ1n) is 13.0. The van der Waals surface area contributed by atoms with Crippen molar-refractivity contribution in [3.63, 3.8) is 0 Å². The Hall–Kier alpha value is -5.07. The third-order valence-corrected chi connectivity index (χ3v) is 7.07. The zero-order valence-electron chi connectivity index (χ0n) is 23.0. The number of H-pyrrole nitrogens is 1. The largest absolute Gasteiger partial charge is 0.490 e. The van der Waals surface area contributed by atoms with Crippen molar-refractivity contribution in [2.24, 2.45) is 0 Å². The molecule has 0 bridgehead atoms. The van der Waals surface area contributed by atoms with E-state index in [0.29, 0.717) is 29.8 Å². The van der Waals surface area contributed by atoms with E-state index in [2.05, 4.69) is 10.2 Å². The molecule has 224 valence electrons. The molecular formula is C30H26F4N4O5. The van der Waals surface area contributed by atoms with Crippen LogP contribution in [0.5, 0.6) is 0 Å². The van der Waals surface area contributed by atoms with Crippen LogP contribution >= 0.6 is 0 Å². The lowest BCUT2D eigenvalue weighted by Crippen LogP contribution is -2.52. The van der Waals surface area contributed by atoms with Crippen molar-refractivity contribution in [2.45, 2.75) is 26.4 Å². The normalized spacial score (nSPS) is 13.5. The molecule has 0 radical (unpaired) electrons. The number of amides is 2. The molecule has 0 saturated carbocycles. The van der Waals surface area contributed by atoms with Crippen molar-refractivity contribution in [3.05, 3.63) is 105 Å². The number of aromatic amines is 1. The number of hydrogen-bond donors (Lipinski definition) is 2. The number of aromatic nitrogens is 2. The Morgan fingerprint density at radius 1 is 0.977 bits per heavy atom. The van der Waals surface area contributed by atoms with Crippen molar-refractivity contribution in [2.75, 3.05) is 24.5 Å². The lowest BCUT2D eigenvalue weighted by Gasteiger charge is -2.35. The molecule has 1 fully saturated rings. The number of carboxylic acids is 1. The molecule has 2 heterocycles. The predicted octanol–water partition coefficient (Wildman–Crippen LogP) is 4.39. The van der Waals surface area contributed by atoms with Crippen LogP contribution in [-0.2, 0) is 16.0 Å². The summed E-state index contributed by atoms with van der Waals surface area (Å²) in [4.78, 5) is 50.1. The minimum Gasteiger partial charge on any atom is -0.475 e. The first-order chi connectivity index (χ1) is 20.3. The van der Waals surface area contributed by atoms with Crippen LogP contribution in [0, 0.1) is 19.7 Å². The Morgan fingerprint density at radius 3 is 2.33 bits per heavy atom. The van der Waals surface area contributed by atoms with E-state index < -0.39 is 23.9 Å². The molecule has 1 aromatic heterocycles. The van der Waals surface area contributed by atoms with Crippen LogP contribution in [0.3, 0.4) is 0 Å². The van der Waals surface area contributed by atoms with E-state index in [-0.39, 0.29) is 30.1 Å². The van der Waals surface area contributed by atoms with E-state index in [1.807, 2.05) is 49.4 Å². The zero-order chi connectivity index (χ0) is 31.5. The molecule has 5 rings (SSSR count). The van der Waals surface area contributed by atoms with Gasteiger partial charge in [0.25, 0.3) is 11.5 Å². The molecule has 3 aromatic carbocycles. The van der Waals surface area contributed by atoms with Gasteiger partial charge in [0.2, 0.25) is 5.91 Å². The number of halogens is 4. The number of hydrogen-bond acceptors (Lipinski definition) is 5. The minimum atomic E-state index is -5.08. The molecule has 2 N–H and O–H groups in total. The molecule has 2 amide bonds. The number of carboxylic acid groups (broad SMARTS) is 1. The summed E-state index contributed by atoms with van der Waals surface area (Å²) in [6, 6.07) is 18.0. The molecule has 1 aliphatic rings. The van der Waals surface area contributed by atoms with Crippen LogP contribution in [-0.4, -0.2) is 63.8 Å². The van der Waals surface area contributed by atoms with Gasteiger partial charge in [0.05, 0.1) is 16.9 Å². The summed E-state index contributed by atoms with van der Waals surface area (Å²) in [5.74, 6) is -4.14. The number of anilines is 1. The number of nitrogens with zero attached hydrogens (tertiary/aromatic N) is 3. The average molecular weight is 599 g/mol. The Kier molecular flexibility index (Phi) is 8.93. The van der Waals surface area contributed by atoms with E-state index >= 15 is 0 Å². The van der Waals surface area contributed by atoms with E-state index in [1.54, 1.807) is 17.9 Å². The number of rotatable bonds is 4. The second kappa shape index (κ2) is 12.4. The fourth-order valence-corrected chi connectivity index (χ4v) is 4.60. The number of alkyl halides is 3. The van der Waals surface area contributed by atoms with Crippen LogP contribution in [0.4, 0.5) is 23.2 Å². The summed E-state index contributed by atoms with van der Waals surface area (Å²) in [7, 11) is 0. The van der Waals surface area contributed by atoms with Gasteiger partial charge in [-0.3, -0.25) is 14.4 Å². The van der Waals surface area contributed by atoms with Gasteiger partial charge < -0.3 is 14.9 Å². The summed E-state index contributed by atoms with van der Waals surface area (Å²) in [6.45, 7) is 4.00. The highest BCUT2D eigenvalue weighted by atomic mass is 19.4. The SMILES string of the molecule is Cc1c(Cc2ccc(F)c(C(=O)N3CCN(c4cccc5ccccc45)C(=O)C3)c2)n[nH]c(=O)c1C.O=C(O)C(F)(F)F. The summed E-state index contributed by atoms with van der Waals surface area (Å²) in [5.41, 5.74) is 3.12. The van der Waals surface area contributed by atoms with E-state index in [0.717, 1.165) is 22.0 Å². The van der Waals surface area contributed by atoms with Crippen LogP contribution in [0.1, 0.15) is 32.7 Å². The van der Waals surface area contributed by atoms with E-state index in [9.17, 15) is 31.9 Å². The second-order valence-electron chi connectivity index (χ2n) is 9.81. The number of carbonyl (C=O) groups is 3. The minimum absolute atomic E-state index is 0.0855. The van der Waals surface area contributed by atoms with Gasteiger partial charge in [-0.05, 0) is 48.6 Å². The number of nitrogens with one attached hydrogen (secondary N) is 1. The van der Waals surface area contributed by atoms with E-state index in [1.165, 1.54) is 17.0 Å². The fraction of sp³-hybridized carbons (Fsp3) is 0.233. The smallest absolute Gasteiger partial charge is 0.475 e. The van der Waals surface area contributed by atoms with Crippen molar-refractivity contribution in [3.8, 4) is 0 Å². The Balaban J connectivity index is 0.000000541. The highest BCUT2D eigenvalue weighted by molar-refractivity contribution is 6.06. The first kappa shape index (κ1) is 30.9. The lowest BCUT2D eigenvalue weighted by molar-refractivity contribution is -0.192. The van der Waals surface area contributed by atoms with Gasteiger partial charge in [0, 0.05) is 30.5 Å². The molecular weight excluding hydrogens is 572 g/mol. The van der Waals surface area contributed by atoms with Gasteiger partial charge in [-0.15, -0.1) is 0 Å². The summed E-state index contributed by atoms with van der Waals surface area (Å²) in [6.07, 6.45) is -4.75. The van der Waals surface area contributed by atoms with E-state index in [4.69, 9.17) is 9.90 Å². The molecule has 0 atom stereocenters. The summed E-state index contributed by atoms with van der Waals surface area (Å²) < 4.78 is 46.5. The lowest BCUT2D eigenvalue weighted by atomic mass is 10.0. The zero-order valence-corrected chi connectivity index (χ0v) is 23.0. The van der Waals surface area contributed by atoms with Crippen LogP contribution in [0.2, 0.25) is 0 Å². The first-order valence-corrected chi connectivity index (χ1v) is 13.0. The molecule has 0 aliphatic carbocycles. The molecule has 43 heavy (non-hydrogen) atoms. The molecule has 1 aliphatic heterocycles. The molecule has 0 spiro atoms. The number of carbonyl (C=O) groups excluding carboxylic acids is 2. The second-order valence-corrected chi connectivity index (χ2v) is 9.81. The number of aliphatic carboxylic acids is 1. The highest BCUT2D eigenvalue weighted by Crippen LogP contribution is 2.28. The highest BCUT2D eigenvalue weighted by Gasteiger charge is 2.38. The van der Waals surface area contributed by atoms with Crippen LogP contribution in [0.15, 0.2) is 65.5 Å². The number of benzene rings is 3. The number of piperazine rings is 1. The van der Waals surface area contributed by atoms with Crippen molar-refractivity contribution in [1.29, 1.82) is 0 Å². The summed E-state index contributed by atoms with van der Waals surface area (Å²) >= 11 is 0. The quantitative estimate of drug-likeness (QED) is 0.336. The maximum Gasteiger partial charge on any atom is 0.490 e. The molecule has 0 unspecified atom stereocenters. The predicted molar refractivity (Wildman–Crippen MR) is 149 cm³/mol. The molecule has 13 heteroatoms. The van der Waals surface area contributed by atoms with Crippen LogP contribution in [0.25, 0.3) is 10.8 Å². The van der Waals surface area contributed by atoms with Crippen molar-refractivity contribution in [1.82, 2.24) is 15.1 Å². The maximum atomic E-state index is 14.7. The molecule has 4 aromatic rings. The topological polar surface area (TPSA) is 124 Å². The standard InChI is InChI=1S/C28H25FN4O3.C2HF3O2/c1-17-18(2)27(35)31-30-24(17)15-19-10-11-23(29)22(14-19)28(36)32-12-13-33(26(34)16-32)25-9-5-7-20-6-3-4-8-21(20)25;3-2(4,5)1(6)7/h3-11,14H,12-13,15-16H2,1-2H3,(H,31,35);(H,6,7). The van der Waals surface area contributed by atoms with Gasteiger partial charge in [-0.1, -0.05) is 42.5 Å². The Bertz CT molecular complexity index is 1760. The van der Waals surface area contributed by atoms with Gasteiger partial charge in [-0.2, -0.15) is 18.3 Å². The Labute approximate surface area is 242 Å². The van der Waals surface area contributed by atoms with Crippen molar-refractivity contribution < 1.29 is 37.1 Å². The fourth-order valence-electron chi connectivity index (χ4n) is 4.60. The molecule has 1 saturated heterocycles. The number of fused-ring (bicyclic) bond motifs is 1. The van der Waals surface area contributed by atoms with Gasteiger partial charge in [0.15, 0.2) is 0 Å². The Morgan fingerprint density at radius 2 is 1.65 bits per heavy atom. The third kappa shape index (κ3) is 6.88. The summed E-state index contributed by atoms with van der Waals surface area (Å²) in [5, 5.41) is 15.7. The van der Waals surface area contributed by atoms with Crippen LogP contribution < -0.4 is 10.5 Å².